The number of likely N-dealkylation sites (N-methyl/N-ethyl adjacent to an activating group) is 1. The fourth-order valence-corrected chi connectivity index (χ4v) is 3.78. The number of aryl methyl sites for hydroxylation is 1. The molecule has 24 heavy (non-hydrogen) atoms. The van der Waals surface area contributed by atoms with E-state index in [0.717, 1.165) is 9.87 Å². The third kappa shape index (κ3) is 4.45. The van der Waals surface area contributed by atoms with Crippen molar-refractivity contribution in [3.63, 3.8) is 0 Å². The Hall–Kier alpha value is -1.67. The van der Waals surface area contributed by atoms with Gasteiger partial charge in [0.2, 0.25) is 15.9 Å². The number of rotatable bonds is 5. The van der Waals surface area contributed by atoms with Gasteiger partial charge in [-0.05, 0) is 42.8 Å². The van der Waals surface area contributed by atoms with E-state index in [9.17, 15) is 13.2 Å². The Morgan fingerprint density at radius 3 is 2.62 bits per heavy atom. The molecule has 0 spiro atoms. The molecule has 1 heterocycles. The second kappa shape index (κ2) is 7.48. The first-order valence-corrected chi connectivity index (χ1v) is 9.03. The lowest BCUT2D eigenvalue weighted by Gasteiger charge is -2.17. The summed E-state index contributed by atoms with van der Waals surface area (Å²) in [6, 6.07) is 7.59. The number of hydrogen-bond acceptors (Lipinski definition) is 4. The maximum Gasteiger partial charge on any atom is 0.244 e. The van der Waals surface area contributed by atoms with Gasteiger partial charge in [-0.25, -0.2) is 13.4 Å². The molecule has 128 valence electrons. The second-order valence-electron chi connectivity index (χ2n) is 5.10. The SMILES string of the molecule is Cc1ccnc(NC(=O)CN(C)S(=O)(=O)c2cc(Cl)ccc2Cl)c1. The molecule has 0 radical (unpaired) electrons. The van der Waals surface area contributed by atoms with E-state index in [-0.39, 0.29) is 21.5 Å². The van der Waals surface area contributed by atoms with Crippen LogP contribution in [0.5, 0.6) is 0 Å². The van der Waals surface area contributed by atoms with Crippen LogP contribution in [0.25, 0.3) is 0 Å². The molecule has 1 N–H and O–H groups in total. The van der Waals surface area contributed by atoms with Gasteiger partial charge >= 0.3 is 0 Å². The van der Waals surface area contributed by atoms with Gasteiger partial charge in [0.05, 0.1) is 11.6 Å². The number of anilines is 1. The number of hydrogen-bond donors (Lipinski definition) is 1. The van der Waals surface area contributed by atoms with E-state index in [1.807, 2.05) is 6.92 Å². The Labute approximate surface area is 150 Å². The average Bonchev–Trinajstić information content (AvgIpc) is 2.49. The summed E-state index contributed by atoms with van der Waals surface area (Å²) in [6.45, 7) is 1.47. The predicted molar refractivity (Wildman–Crippen MR) is 93.9 cm³/mol. The first kappa shape index (κ1) is 18.7. The number of pyridine rings is 1. The highest BCUT2D eigenvalue weighted by Crippen LogP contribution is 2.27. The van der Waals surface area contributed by atoms with Crippen LogP contribution in [0.4, 0.5) is 5.82 Å². The largest absolute Gasteiger partial charge is 0.310 e. The van der Waals surface area contributed by atoms with Gasteiger partial charge < -0.3 is 5.32 Å². The minimum Gasteiger partial charge on any atom is -0.310 e. The maximum absolute atomic E-state index is 12.5. The van der Waals surface area contributed by atoms with E-state index in [4.69, 9.17) is 23.2 Å². The van der Waals surface area contributed by atoms with Gasteiger partial charge in [-0.2, -0.15) is 4.31 Å². The molecule has 2 rings (SSSR count). The smallest absolute Gasteiger partial charge is 0.244 e. The van der Waals surface area contributed by atoms with Crippen LogP contribution in [0.15, 0.2) is 41.4 Å². The summed E-state index contributed by atoms with van der Waals surface area (Å²) in [4.78, 5) is 15.9. The fraction of sp³-hybridized carbons (Fsp3) is 0.200. The van der Waals surface area contributed by atoms with E-state index in [2.05, 4.69) is 10.3 Å². The fourth-order valence-electron chi connectivity index (χ4n) is 1.92. The van der Waals surface area contributed by atoms with Crippen LogP contribution >= 0.6 is 23.2 Å². The number of sulfonamides is 1. The number of nitrogens with zero attached hydrogens (tertiary/aromatic N) is 2. The van der Waals surface area contributed by atoms with E-state index in [0.29, 0.717) is 5.82 Å². The highest BCUT2D eigenvalue weighted by atomic mass is 35.5. The van der Waals surface area contributed by atoms with Crippen LogP contribution in [0.2, 0.25) is 10.0 Å². The highest BCUT2D eigenvalue weighted by molar-refractivity contribution is 7.89. The number of halogens is 2. The molecular formula is C15H15Cl2N3O3S. The van der Waals surface area contributed by atoms with Crippen molar-refractivity contribution in [3.8, 4) is 0 Å². The predicted octanol–water partition coefficient (Wildman–Crippen LogP) is 2.96. The van der Waals surface area contributed by atoms with Gasteiger partial charge in [0.25, 0.3) is 0 Å². The Balaban J connectivity index is 2.14. The van der Waals surface area contributed by atoms with Crippen molar-refractivity contribution in [1.29, 1.82) is 0 Å². The first-order chi connectivity index (χ1) is 11.2. The molecule has 1 amide bonds. The third-order valence-electron chi connectivity index (χ3n) is 3.13. The lowest BCUT2D eigenvalue weighted by atomic mass is 10.3. The summed E-state index contributed by atoms with van der Waals surface area (Å²) in [5.74, 6) is -0.163. The van der Waals surface area contributed by atoms with Crippen LogP contribution in [-0.2, 0) is 14.8 Å². The molecule has 0 saturated carbocycles. The third-order valence-corrected chi connectivity index (χ3v) is 5.65. The van der Waals surface area contributed by atoms with Gasteiger partial charge in [0, 0.05) is 18.3 Å². The molecule has 0 aliphatic carbocycles. The van der Waals surface area contributed by atoms with Gasteiger partial charge in [-0.15, -0.1) is 0 Å². The Morgan fingerprint density at radius 1 is 1.25 bits per heavy atom. The average molecular weight is 388 g/mol. The normalized spacial score (nSPS) is 11.5. The Morgan fingerprint density at radius 2 is 1.96 bits per heavy atom. The van der Waals surface area contributed by atoms with Crippen molar-refractivity contribution >= 4 is 45.0 Å². The van der Waals surface area contributed by atoms with Crippen molar-refractivity contribution < 1.29 is 13.2 Å². The maximum atomic E-state index is 12.5. The molecule has 0 unspecified atom stereocenters. The number of carbonyl (C=O) groups is 1. The van der Waals surface area contributed by atoms with Crippen LogP contribution in [-0.4, -0.2) is 37.2 Å². The number of amides is 1. The molecule has 0 fully saturated rings. The molecule has 0 atom stereocenters. The summed E-state index contributed by atoms with van der Waals surface area (Å²) in [5.41, 5.74) is 0.923. The minimum absolute atomic E-state index is 0.0343. The van der Waals surface area contributed by atoms with Crippen molar-refractivity contribution in [2.45, 2.75) is 11.8 Å². The van der Waals surface area contributed by atoms with E-state index in [1.54, 1.807) is 18.3 Å². The molecule has 0 aliphatic heterocycles. The van der Waals surface area contributed by atoms with Crippen LogP contribution in [0.3, 0.4) is 0 Å². The van der Waals surface area contributed by atoms with Crippen molar-refractivity contribution in [2.24, 2.45) is 0 Å². The van der Waals surface area contributed by atoms with Crippen LogP contribution in [0.1, 0.15) is 5.56 Å². The van der Waals surface area contributed by atoms with E-state index in [1.165, 1.54) is 25.2 Å². The van der Waals surface area contributed by atoms with Gasteiger partial charge in [-0.3, -0.25) is 4.79 Å². The first-order valence-electron chi connectivity index (χ1n) is 6.84. The monoisotopic (exact) mass is 387 g/mol. The molecule has 0 bridgehead atoms. The Kier molecular flexibility index (Phi) is 5.82. The number of benzene rings is 1. The highest BCUT2D eigenvalue weighted by Gasteiger charge is 2.25. The van der Waals surface area contributed by atoms with E-state index >= 15 is 0 Å². The lowest BCUT2D eigenvalue weighted by molar-refractivity contribution is -0.116. The van der Waals surface area contributed by atoms with Crippen molar-refractivity contribution in [1.82, 2.24) is 9.29 Å². The molecule has 1 aromatic carbocycles. The number of carbonyl (C=O) groups excluding carboxylic acids is 1. The van der Waals surface area contributed by atoms with Gasteiger partial charge in [0.15, 0.2) is 0 Å². The standard InChI is InChI=1S/C15H15Cl2N3O3S/c1-10-5-6-18-14(7-10)19-15(21)9-20(2)24(22,23)13-8-11(16)3-4-12(13)17/h3-8H,9H2,1-2H3,(H,18,19,21). The van der Waals surface area contributed by atoms with Crippen molar-refractivity contribution in [3.05, 3.63) is 52.1 Å². The zero-order valence-electron chi connectivity index (χ0n) is 13.0. The molecular weight excluding hydrogens is 373 g/mol. The second-order valence-corrected chi connectivity index (χ2v) is 7.96. The molecule has 1 aromatic heterocycles. The Bertz CT molecular complexity index is 872. The minimum atomic E-state index is -3.95. The molecule has 0 aliphatic rings. The summed E-state index contributed by atoms with van der Waals surface area (Å²) in [6.07, 6.45) is 1.55. The van der Waals surface area contributed by atoms with Gasteiger partial charge in [-0.1, -0.05) is 23.2 Å². The van der Waals surface area contributed by atoms with Crippen molar-refractivity contribution in [2.75, 3.05) is 18.9 Å². The summed E-state index contributed by atoms with van der Waals surface area (Å²) in [5, 5.41) is 2.82. The van der Waals surface area contributed by atoms with Crippen LogP contribution < -0.4 is 5.32 Å². The van der Waals surface area contributed by atoms with E-state index < -0.39 is 15.9 Å². The summed E-state index contributed by atoms with van der Waals surface area (Å²) >= 11 is 11.8. The van der Waals surface area contributed by atoms with Gasteiger partial charge in [0.1, 0.15) is 10.7 Å². The number of nitrogens with one attached hydrogen (secondary N) is 1. The molecule has 2 aromatic rings. The summed E-state index contributed by atoms with van der Waals surface area (Å²) < 4.78 is 26.0. The quantitative estimate of drug-likeness (QED) is 0.854. The summed E-state index contributed by atoms with van der Waals surface area (Å²) in [7, 11) is -2.66. The van der Waals surface area contributed by atoms with Crippen LogP contribution in [0, 0.1) is 6.92 Å². The molecule has 6 nitrogen and oxygen atoms in total. The number of aromatic nitrogens is 1. The molecule has 0 saturated heterocycles. The topological polar surface area (TPSA) is 79.4 Å². The zero-order chi connectivity index (χ0) is 17.9. The lowest BCUT2D eigenvalue weighted by Crippen LogP contribution is -2.35. The molecule has 9 heteroatoms. The zero-order valence-corrected chi connectivity index (χ0v) is 15.3.